The van der Waals surface area contributed by atoms with Crippen LogP contribution >= 0.6 is 0 Å². The maximum absolute atomic E-state index is 12.9. The number of aliphatic hydroxyl groups is 1. The minimum Gasteiger partial charge on any atom is -0.388 e. The van der Waals surface area contributed by atoms with E-state index < -0.39 is 6.10 Å². The third-order valence-corrected chi connectivity index (χ3v) is 3.65. The molecule has 1 heterocycles. The summed E-state index contributed by atoms with van der Waals surface area (Å²) in [5.74, 6) is -0.294. The van der Waals surface area contributed by atoms with Gasteiger partial charge in [0.2, 0.25) is 0 Å². The Balaban J connectivity index is 1.72. The molecule has 3 rings (SSSR count). The Morgan fingerprint density at radius 1 is 0.818 bits per heavy atom. The van der Waals surface area contributed by atoms with E-state index in [0.29, 0.717) is 6.42 Å². The van der Waals surface area contributed by atoms with E-state index in [-0.39, 0.29) is 5.82 Å². The van der Waals surface area contributed by atoms with Crippen molar-refractivity contribution in [2.24, 2.45) is 0 Å². The molecule has 0 saturated carbocycles. The van der Waals surface area contributed by atoms with E-state index in [1.165, 1.54) is 12.1 Å². The van der Waals surface area contributed by atoms with Crippen LogP contribution in [0.1, 0.15) is 17.2 Å². The maximum Gasteiger partial charge on any atom is 0.123 e. The summed E-state index contributed by atoms with van der Waals surface area (Å²) in [6.45, 7) is 0. The fourth-order valence-corrected chi connectivity index (χ4v) is 2.40. The molecular weight excluding hydrogens is 277 g/mol. The largest absolute Gasteiger partial charge is 0.388 e. The van der Waals surface area contributed by atoms with E-state index in [0.717, 1.165) is 22.3 Å². The van der Waals surface area contributed by atoms with Crippen molar-refractivity contribution in [3.63, 3.8) is 0 Å². The third kappa shape index (κ3) is 3.38. The van der Waals surface area contributed by atoms with Crippen LogP contribution in [0.2, 0.25) is 0 Å². The van der Waals surface area contributed by atoms with Gasteiger partial charge in [-0.2, -0.15) is 0 Å². The molecule has 110 valence electrons. The summed E-state index contributed by atoms with van der Waals surface area (Å²) in [6.07, 6.45) is 3.40. The zero-order valence-corrected chi connectivity index (χ0v) is 12.0. The molecule has 0 aliphatic carbocycles. The Morgan fingerprint density at radius 2 is 1.41 bits per heavy atom. The Morgan fingerprint density at radius 3 is 2.05 bits per heavy atom. The van der Waals surface area contributed by atoms with Gasteiger partial charge in [0.15, 0.2) is 0 Å². The highest BCUT2D eigenvalue weighted by molar-refractivity contribution is 5.62. The second-order valence-corrected chi connectivity index (χ2v) is 5.20. The lowest BCUT2D eigenvalue weighted by Crippen LogP contribution is -2.01. The second-order valence-electron chi connectivity index (χ2n) is 5.20. The number of rotatable bonds is 4. The summed E-state index contributed by atoms with van der Waals surface area (Å²) in [5, 5.41) is 10.2. The van der Waals surface area contributed by atoms with Crippen LogP contribution < -0.4 is 0 Å². The molecule has 0 spiro atoms. The lowest BCUT2D eigenvalue weighted by Gasteiger charge is -2.11. The molecule has 3 heteroatoms. The van der Waals surface area contributed by atoms with Crippen LogP contribution in [0, 0.1) is 5.82 Å². The van der Waals surface area contributed by atoms with Gasteiger partial charge in [0.25, 0.3) is 0 Å². The average Bonchev–Trinajstić information content (AvgIpc) is 2.57. The smallest absolute Gasteiger partial charge is 0.123 e. The Bertz CT molecular complexity index is 724. The number of halogens is 1. The monoisotopic (exact) mass is 293 g/mol. The van der Waals surface area contributed by atoms with Crippen molar-refractivity contribution in [1.82, 2.24) is 4.98 Å². The van der Waals surface area contributed by atoms with Crippen molar-refractivity contribution in [2.75, 3.05) is 0 Å². The molecule has 0 saturated heterocycles. The molecule has 0 amide bonds. The summed E-state index contributed by atoms with van der Waals surface area (Å²) >= 11 is 0. The Kier molecular flexibility index (Phi) is 4.26. The number of pyridine rings is 1. The summed E-state index contributed by atoms with van der Waals surface area (Å²) < 4.78 is 12.9. The highest BCUT2D eigenvalue weighted by atomic mass is 19.1. The van der Waals surface area contributed by atoms with Crippen LogP contribution in [-0.2, 0) is 6.42 Å². The minimum atomic E-state index is -0.632. The standard InChI is InChI=1S/C19H16FNO/c20-18-7-5-17(6-8-18)19(22)13-14-1-3-15(4-2-14)16-9-11-21-12-10-16/h1-12,19,22H,13H2. The van der Waals surface area contributed by atoms with Gasteiger partial charge in [0.05, 0.1) is 6.10 Å². The van der Waals surface area contributed by atoms with Gasteiger partial charge in [-0.3, -0.25) is 4.98 Å². The minimum absolute atomic E-state index is 0.294. The molecule has 1 aromatic heterocycles. The molecule has 22 heavy (non-hydrogen) atoms. The predicted octanol–water partition coefficient (Wildman–Crippen LogP) is 4.16. The van der Waals surface area contributed by atoms with E-state index in [2.05, 4.69) is 4.98 Å². The normalized spacial score (nSPS) is 12.1. The van der Waals surface area contributed by atoms with Crippen LogP contribution in [0.5, 0.6) is 0 Å². The van der Waals surface area contributed by atoms with Crippen molar-refractivity contribution < 1.29 is 9.50 Å². The first kappa shape index (κ1) is 14.4. The number of hydrogen-bond acceptors (Lipinski definition) is 2. The van der Waals surface area contributed by atoms with Gasteiger partial charge >= 0.3 is 0 Å². The first-order valence-corrected chi connectivity index (χ1v) is 7.15. The summed E-state index contributed by atoms with van der Waals surface area (Å²) in [6, 6.07) is 18.0. The van der Waals surface area contributed by atoms with Crippen molar-refractivity contribution in [1.29, 1.82) is 0 Å². The van der Waals surface area contributed by atoms with E-state index in [9.17, 15) is 9.50 Å². The Labute approximate surface area is 128 Å². The second kappa shape index (κ2) is 6.50. The van der Waals surface area contributed by atoms with Crippen LogP contribution in [0.3, 0.4) is 0 Å². The molecule has 1 atom stereocenters. The lowest BCUT2D eigenvalue weighted by molar-refractivity contribution is 0.178. The predicted molar refractivity (Wildman–Crippen MR) is 84.7 cm³/mol. The molecule has 1 N–H and O–H groups in total. The quantitative estimate of drug-likeness (QED) is 0.783. The van der Waals surface area contributed by atoms with Crippen LogP contribution in [0.25, 0.3) is 11.1 Å². The van der Waals surface area contributed by atoms with Crippen LogP contribution in [-0.4, -0.2) is 10.1 Å². The zero-order chi connectivity index (χ0) is 15.4. The van der Waals surface area contributed by atoms with Crippen molar-refractivity contribution >= 4 is 0 Å². The van der Waals surface area contributed by atoms with Crippen LogP contribution in [0.15, 0.2) is 73.1 Å². The average molecular weight is 293 g/mol. The molecule has 1 unspecified atom stereocenters. The number of hydrogen-bond donors (Lipinski definition) is 1. The summed E-state index contributed by atoms with van der Waals surface area (Å²) in [4.78, 5) is 4.01. The molecule has 0 radical (unpaired) electrons. The maximum atomic E-state index is 12.9. The molecule has 3 aromatic rings. The van der Waals surface area contributed by atoms with Gasteiger partial charge in [-0.05, 0) is 46.5 Å². The van der Waals surface area contributed by atoms with Gasteiger partial charge in [-0.25, -0.2) is 4.39 Å². The molecule has 0 bridgehead atoms. The van der Waals surface area contributed by atoms with Crippen LogP contribution in [0.4, 0.5) is 4.39 Å². The van der Waals surface area contributed by atoms with Gasteiger partial charge < -0.3 is 5.11 Å². The SMILES string of the molecule is OC(Cc1ccc(-c2ccncc2)cc1)c1ccc(F)cc1. The van der Waals surface area contributed by atoms with Crippen molar-refractivity contribution in [3.8, 4) is 11.1 Å². The fourth-order valence-electron chi connectivity index (χ4n) is 2.40. The van der Waals surface area contributed by atoms with Crippen molar-refractivity contribution in [3.05, 3.63) is 90.0 Å². The molecule has 0 aliphatic heterocycles. The van der Waals surface area contributed by atoms with Gasteiger partial charge in [-0.15, -0.1) is 0 Å². The van der Waals surface area contributed by atoms with Gasteiger partial charge in [-0.1, -0.05) is 36.4 Å². The van der Waals surface area contributed by atoms with E-state index in [4.69, 9.17) is 0 Å². The number of aromatic nitrogens is 1. The topological polar surface area (TPSA) is 33.1 Å². The highest BCUT2D eigenvalue weighted by Gasteiger charge is 2.09. The number of nitrogens with zero attached hydrogens (tertiary/aromatic N) is 1. The lowest BCUT2D eigenvalue weighted by atomic mass is 9.99. The molecule has 0 aliphatic rings. The number of aliphatic hydroxyl groups excluding tert-OH is 1. The van der Waals surface area contributed by atoms with E-state index in [1.54, 1.807) is 24.5 Å². The molecule has 2 aromatic carbocycles. The molecular formula is C19H16FNO. The zero-order valence-electron chi connectivity index (χ0n) is 12.0. The first-order chi connectivity index (χ1) is 10.7. The molecule has 0 fully saturated rings. The van der Waals surface area contributed by atoms with Gasteiger partial charge in [0.1, 0.15) is 5.82 Å². The van der Waals surface area contributed by atoms with E-state index in [1.807, 2.05) is 36.4 Å². The van der Waals surface area contributed by atoms with Gasteiger partial charge in [0, 0.05) is 18.8 Å². The third-order valence-electron chi connectivity index (χ3n) is 3.65. The Hall–Kier alpha value is -2.52. The molecule has 2 nitrogen and oxygen atoms in total. The van der Waals surface area contributed by atoms with Crippen molar-refractivity contribution in [2.45, 2.75) is 12.5 Å². The summed E-state index contributed by atoms with van der Waals surface area (Å²) in [7, 11) is 0. The number of benzene rings is 2. The fraction of sp³-hybridized carbons (Fsp3) is 0.105. The highest BCUT2D eigenvalue weighted by Crippen LogP contribution is 2.22. The van der Waals surface area contributed by atoms with E-state index >= 15 is 0 Å². The summed E-state index contributed by atoms with van der Waals surface area (Å²) in [5.41, 5.74) is 3.98. The first-order valence-electron chi connectivity index (χ1n) is 7.15.